The first-order chi connectivity index (χ1) is 6.22. The highest BCUT2D eigenvalue weighted by Gasteiger charge is 2.02. The van der Waals surface area contributed by atoms with E-state index in [0.717, 1.165) is 18.9 Å². The summed E-state index contributed by atoms with van der Waals surface area (Å²) in [7, 11) is 0. The van der Waals surface area contributed by atoms with E-state index in [1.165, 1.54) is 12.0 Å². The third-order valence-electron chi connectivity index (χ3n) is 2.16. The third-order valence-corrected chi connectivity index (χ3v) is 2.16. The minimum absolute atomic E-state index is 0.762. The molecular formula is C11H19N2+. The molecule has 72 valence electrons. The number of hydrogen-bond donors (Lipinski definition) is 0. The smallest absolute Gasteiger partial charge is 0.237 e. The van der Waals surface area contributed by atoms with E-state index >= 15 is 0 Å². The number of nitrogens with zero attached hydrogens (tertiary/aromatic N) is 2. The first-order valence-electron chi connectivity index (χ1n) is 5.05. The van der Waals surface area contributed by atoms with Gasteiger partial charge in [-0.15, -0.1) is 0 Å². The van der Waals surface area contributed by atoms with Crippen molar-refractivity contribution in [2.75, 3.05) is 0 Å². The molecule has 1 rings (SSSR count). The molecule has 0 aliphatic carbocycles. The predicted octanol–water partition coefficient (Wildman–Crippen LogP) is 1.98. The largest absolute Gasteiger partial charge is 0.286 e. The van der Waals surface area contributed by atoms with Crippen LogP contribution in [0.1, 0.15) is 32.8 Å². The Bertz CT molecular complexity index is 256. The minimum Gasteiger partial charge on any atom is -0.237 e. The van der Waals surface area contributed by atoms with E-state index in [1.807, 2.05) is 12.5 Å². The van der Waals surface area contributed by atoms with Gasteiger partial charge < -0.3 is 0 Å². The Labute approximate surface area is 80.6 Å². The first-order valence-corrected chi connectivity index (χ1v) is 5.05. The van der Waals surface area contributed by atoms with Crippen molar-refractivity contribution in [2.45, 2.75) is 40.2 Å². The van der Waals surface area contributed by atoms with E-state index in [0.29, 0.717) is 0 Å². The van der Waals surface area contributed by atoms with Crippen LogP contribution in [0, 0.1) is 5.92 Å². The van der Waals surface area contributed by atoms with Crippen molar-refractivity contribution in [1.82, 2.24) is 4.98 Å². The summed E-state index contributed by atoms with van der Waals surface area (Å²) in [6.45, 7) is 7.73. The molecule has 0 aliphatic heterocycles. The Morgan fingerprint density at radius 1 is 1.46 bits per heavy atom. The van der Waals surface area contributed by atoms with Crippen LogP contribution in [-0.4, -0.2) is 4.98 Å². The van der Waals surface area contributed by atoms with Crippen LogP contribution in [-0.2, 0) is 13.0 Å². The first kappa shape index (κ1) is 10.2. The molecule has 0 unspecified atom stereocenters. The average Bonchev–Trinajstić information content (AvgIpc) is 2.15. The standard InChI is InChI=1S/C11H19N2/c1-4-11-7-12-9-13(8-11)6-5-10(2)3/h7-10H,4-6H2,1-3H3/q+1. The van der Waals surface area contributed by atoms with Crippen molar-refractivity contribution < 1.29 is 4.57 Å². The maximum atomic E-state index is 4.20. The lowest BCUT2D eigenvalue weighted by Gasteiger charge is -2.02. The van der Waals surface area contributed by atoms with Crippen molar-refractivity contribution in [3.05, 3.63) is 24.3 Å². The lowest BCUT2D eigenvalue weighted by molar-refractivity contribution is -0.701. The van der Waals surface area contributed by atoms with Gasteiger partial charge in [-0.1, -0.05) is 25.8 Å². The van der Waals surface area contributed by atoms with Crippen molar-refractivity contribution in [1.29, 1.82) is 0 Å². The van der Waals surface area contributed by atoms with Crippen LogP contribution in [0.15, 0.2) is 18.7 Å². The maximum Gasteiger partial charge on any atom is 0.286 e. The lowest BCUT2D eigenvalue weighted by atomic mass is 10.1. The molecule has 1 aromatic heterocycles. The van der Waals surface area contributed by atoms with Gasteiger partial charge in [0.25, 0.3) is 6.33 Å². The molecule has 1 aromatic rings. The second-order valence-corrected chi connectivity index (χ2v) is 3.87. The van der Waals surface area contributed by atoms with Gasteiger partial charge in [-0.2, -0.15) is 0 Å². The summed E-state index contributed by atoms with van der Waals surface area (Å²) >= 11 is 0. The van der Waals surface area contributed by atoms with Crippen LogP contribution < -0.4 is 4.57 Å². The SMILES string of the molecule is CCc1cnc[n+](CCC(C)C)c1. The topological polar surface area (TPSA) is 16.8 Å². The van der Waals surface area contributed by atoms with Crippen LogP contribution in [0.4, 0.5) is 0 Å². The highest BCUT2D eigenvalue weighted by molar-refractivity contribution is 4.97. The van der Waals surface area contributed by atoms with E-state index in [-0.39, 0.29) is 0 Å². The molecule has 2 nitrogen and oxygen atoms in total. The summed E-state index contributed by atoms with van der Waals surface area (Å²) in [6, 6.07) is 0. The molecule has 0 fully saturated rings. The Balaban J connectivity index is 2.56. The van der Waals surface area contributed by atoms with Crippen LogP contribution in [0.2, 0.25) is 0 Å². The molecule has 0 N–H and O–H groups in total. The quantitative estimate of drug-likeness (QED) is 0.646. The Hall–Kier alpha value is -0.920. The Morgan fingerprint density at radius 3 is 2.85 bits per heavy atom. The zero-order chi connectivity index (χ0) is 9.68. The third kappa shape index (κ3) is 3.53. The maximum absolute atomic E-state index is 4.20. The van der Waals surface area contributed by atoms with Crippen molar-refractivity contribution in [2.24, 2.45) is 5.92 Å². The van der Waals surface area contributed by atoms with Gasteiger partial charge in [0, 0.05) is 5.56 Å². The molecule has 0 radical (unpaired) electrons. The number of rotatable bonds is 4. The fourth-order valence-electron chi connectivity index (χ4n) is 1.21. The molecule has 0 aliphatic rings. The van der Waals surface area contributed by atoms with Crippen LogP contribution in [0.5, 0.6) is 0 Å². The normalized spacial score (nSPS) is 10.8. The second-order valence-electron chi connectivity index (χ2n) is 3.87. The van der Waals surface area contributed by atoms with Crippen LogP contribution >= 0.6 is 0 Å². The second kappa shape index (κ2) is 4.95. The average molecular weight is 179 g/mol. The number of aromatic nitrogens is 2. The van der Waals surface area contributed by atoms with Gasteiger partial charge in [-0.3, -0.25) is 0 Å². The summed E-state index contributed by atoms with van der Waals surface area (Å²) in [5, 5.41) is 0. The predicted molar refractivity (Wildman–Crippen MR) is 53.3 cm³/mol. The molecule has 0 saturated heterocycles. The van der Waals surface area contributed by atoms with Gasteiger partial charge in [0.1, 0.15) is 6.20 Å². The van der Waals surface area contributed by atoms with Crippen LogP contribution in [0.3, 0.4) is 0 Å². The highest BCUT2D eigenvalue weighted by Crippen LogP contribution is 1.98. The Kier molecular flexibility index (Phi) is 3.87. The summed E-state index contributed by atoms with van der Waals surface area (Å²) in [5.41, 5.74) is 1.31. The molecule has 1 heterocycles. The fraction of sp³-hybridized carbons (Fsp3) is 0.636. The van der Waals surface area contributed by atoms with E-state index in [4.69, 9.17) is 0 Å². The minimum atomic E-state index is 0.762. The van der Waals surface area contributed by atoms with E-state index in [2.05, 4.69) is 36.5 Å². The molecule has 0 aromatic carbocycles. The van der Waals surface area contributed by atoms with E-state index in [9.17, 15) is 0 Å². The summed E-state index contributed by atoms with van der Waals surface area (Å²) in [5.74, 6) is 0.762. The highest BCUT2D eigenvalue weighted by atomic mass is 15.0. The van der Waals surface area contributed by atoms with Crippen molar-refractivity contribution in [3.8, 4) is 0 Å². The van der Waals surface area contributed by atoms with Crippen molar-refractivity contribution >= 4 is 0 Å². The zero-order valence-electron chi connectivity index (χ0n) is 8.83. The summed E-state index contributed by atoms with van der Waals surface area (Å²) < 4.78 is 2.18. The molecule has 0 atom stereocenters. The van der Waals surface area contributed by atoms with Gasteiger partial charge in [0.05, 0.1) is 12.7 Å². The summed E-state index contributed by atoms with van der Waals surface area (Å²) in [4.78, 5) is 4.20. The van der Waals surface area contributed by atoms with Gasteiger partial charge in [0.2, 0.25) is 0 Å². The molecule has 13 heavy (non-hydrogen) atoms. The molecule has 0 saturated carbocycles. The monoisotopic (exact) mass is 179 g/mol. The van der Waals surface area contributed by atoms with Gasteiger partial charge in [-0.25, -0.2) is 4.57 Å². The van der Waals surface area contributed by atoms with Crippen molar-refractivity contribution in [3.63, 3.8) is 0 Å². The molecule has 0 amide bonds. The molecule has 0 spiro atoms. The van der Waals surface area contributed by atoms with Crippen LogP contribution in [0.25, 0.3) is 0 Å². The lowest BCUT2D eigenvalue weighted by Crippen LogP contribution is -2.34. The van der Waals surface area contributed by atoms with Gasteiger partial charge >= 0.3 is 0 Å². The van der Waals surface area contributed by atoms with Gasteiger partial charge in [-0.05, 0) is 18.8 Å². The zero-order valence-corrected chi connectivity index (χ0v) is 8.83. The molecular weight excluding hydrogens is 160 g/mol. The van der Waals surface area contributed by atoms with Gasteiger partial charge in [0.15, 0.2) is 0 Å². The number of aryl methyl sites for hydroxylation is 2. The van der Waals surface area contributed by atoms with E-state index < -0.39 is 0 Å². The number of hydrogen-bond acceptors (Lipinski definition) is 1. The molecule has 0 bridgehead atoms. The molecule has 2 heteroatoms. The summed E-state index contributed by atoms with van der Waals surface area (Å²) in [6.07, 6.45) is 8.32. The fourth-order valence-corrected chi connectivity index (χ4v) is 1.21. The van der Waals surface area contributed by atoms with E-state index in [1.54, 1.807) is 0 Å². The Morgan fingerprint density at radius 2 is 2.23 bits per heavy atom.